The average Bonchev–Trinajstić information content (AvgIpc) is 2.43. The van der Waals surface area contributed by atoms with Crippen LogP contribution in [0, 0.1) is 6.92 Å². The van der Waals surface area contributed by atoms with Crippen LogP contribution in [-0.4, -0.2) is 13.7 Å². The Morgan fingerprint density at radius 3 is 2.47 bits per heavy atom. The van der Waals surface area contributed by atoms with Gasteiger partial charge in [-0.2, -0.15) is 0 Å². The second-order valence-corrected chi connectivity index (χ2v) is 5.54. The maximum absolute atomic E-state index is 5.68. The van der Waals surface area contributed by atoms with Gasteiger partial charge in [-0.15, -0.1) is 0 Å². The van der Waals surface area contributed by atoms with Crippen LogP contribution >= 0.6 is 11.8 Å². The van der Waals surface area contributed by atoms with Crippen LogP contribution in [0.25, 0.3) is 0 Å². The summed E-state index contributed by atoms with van der Waals surface area (Å²) in [5.74, 6) is 0.885. The highest BCUT2D eigenvalue weighted by Gasteiger charge is 2.05. The van der Waals surface area contributed by atoms with Gasteiger partial charge in [-0.05, 0) is 55.8 Å². The predicted octanol–water partition coefficient (Wildman–Crippen LogP) is 3.66. The zero-order valence-electron chi connectivity index (χ0n) is 11.3. The molecule has 100 valence electrons. The lowest BCUT2D eigenvalue weighted by atomic mass is 10.1. The molecular weight excluding hydrogens is 254 g/mol. The number of rotatable bonds is 5. The van der Waals surface area contributed by atoms with E-state index in [0.29, 0.717) is 6.54 Å². The number of benzene rings is 2. The molecule has 0 heterocycles. The highest BCUT2D eigenvalue weighted by molar-refractivity contribution is 7.99. The predicted molar refractivity (Wildman–Crippen MR) is 81.1 cm³/mol. The molecule has 2 rings (SSSR count). The second kappa shape index (κ2) is 6.64. The minimum Gasteiger partial charge on any atom is -0.497 e. The molecule has 2 N–H and O–H groups in total. The third kappa shape index (κ3) is 3.75. The van der Waals surface area contributed by atoms with Crippen LogP contribution in [0.5, 0.6) is 5.75 Å². The van der Waals surface area contributed by atoms with Gasteiger partial charge in [0.2, 0.25) is 0 Å². The molecule has 0 radical (unpaired) electrons. The molecule has 0 fully saturated rings. The van der Waals surface area contributed by atoms with Gasteiger partial charge < -0.3 is 10.5 Å². The number of nitrogens with two attached hydrogens (primary N) is 1. The molecule has 0 unspecified atom stereocenters. The molecule has 0 aliphatic heterocycles. The topological polar surface area (TPSA) is 35.2 Å². The van der Waals surface area contributed by atoms with Crippen molar-refractivity contribution in [1.29, 1.82) is 0 Å². The fraction of sp³-hybridized carbons (Fsp3) is 0.250. The van der Waals surface area contributed by atoms with E-state index in [2.05, 4.69) is 37.3 Å². The minimum atomic E-state index is 0.680. The molecule has 2 aromatic carbocycles. The van der Waals surface area contributed by atoms with Crippen LogP contribution < -0.4 is 10.5 Å². The Morgan fingerprint density at radius 1 is 1.11 bits per heavy atom. The largest absolute Gasteiger partial charge is 0.497 e. The van der Waals surface area contributed by atoms with Gasteiger partial charge in [0, 0.05) is 9.79 Å². The molecule has 0 atom stereocenters. The lowest BCUT2D eigenvalue weighted by Gasteiger charge is -2.10. The van der Waals surface area contributed by atoms with Crippen molar-refractivity contribution in [2.24, 2.45) is 5.73 Å². The number of hydrogen-bond acceptors (Lipinski definition) is 3. The van der Waals surface area contributed by atoms with E-state index in [-0.39, 0.29) is 0 Å². The van der Waals surface area contributed by atoms with Crippen molar-refractivity contribution in [2.45, 2.75) is 23.1 Å². The number of ether oxygens (including phenoxy) is 1. The summed E-state index contributed by atoms with van der Waals surface area (Å²) < 4.78 is 5.17. The quantitative estimate of drug-likeness (QED) is 0.903. The normalized spacial score (nSPS) is 10.5. The van der Waals surface area contributed by atoms with Gasteiger partial charge in [-0.1, -0.05) is 29.5 Å². The van der Waals surface area contributed by atoms with Gasteiger partial charge in [0.25, 0.3) is 0 Å². The zero-order valence-corrected chi connectivity index (χ0v) is 12.2. The third-order valence-electron chi connectivity index (χ3n) is 2.92. The summed E-state index contributed by atoms with van der Waals surface area (Å²) in [5, 5.41) is 0. The fourth-order valence-electron chi connectivity index (χ4n) is 1.93. The van der Waals surface area contributed by atoms with Crippen molar-refractivity contribution in [1.82, 2.24) is 0 Å². The first-order valence-corrected chi connectivity index (χ1v) is 7.16. The van der Waals surface area contributed by atoms with Gasteiger partial charge in [0.15, 0.2) is 0 Å². The Kier molecular flexibility index (Phi) is 4.88. The smallest absolute Gasteiger partial charge is 0.118 e. The van der Waals surface area contributed by atoms with E-state index in [1.54, 1.807) is 18.9 Å². The molecule has 0 amide bonds. The van der Waals surface area contributed by atoms with E-state index in [0.717, 1.165) is 12.2 Å². The summed E-state index contributed by atoms with van der Waals surface area (Å²) >= 11 is 1.77. The number of methoxy groups -OCH3 is 1. The maximum atomic E-state index is 5.68. The zero-order chi connectivity index (χ0) is 13.7. The van der Waals surface area contributed by atoms with Crippen molar-refractivity contribution < 1.29 is 4.74 Å². The molecule has 0 saturated carbocycles. The number of aryl methyl sites for hydroxylation is 1. The Hall–Kier alpha value is -1.45. The first kappa shape index (κ1) is 14.0. The van der Waals surface area contributed by atoms with Crippen LogP contribution in [0.3, 0.4) is 0 Å². The molecule has 0 aliphatic rings. The summed E-state index contributed by atoms with van der Waals surface area (Å²) in [6.07, 6.45) is 0.917. The molecule has 3 heteroatoms. The van der Waals surface area contributed by atoms with E-state index in [4.69, 9.17) is 10.5 Å². The van der Waals surface area contributed by atoms with Crippen LogP contribution in [0.4, 0.5) is 0 Å². The minimum absolute atomic E-state index is 0.680. The molecule has 0 aliphatic carbocycles. The third-order valence-corrected chi connectivity index (χ3v) is 4.04. The Bertz CT molecular complexity index is 537. The highest BCUT2D eigenvalue weighted by atomic mass is 32.2. The summed E-state index contributed by atoms with van der Waals surface area (Å²) in [6, 6.07) is 14.7. The van der Waals surface area contributed by atoms with Gasteiger partial charge in [0.05, 0.1) is 7.11 Å². The van der Waals surface area contributed by atoms with E-state index in [1.807, 2.05) is 12.1 Å². The van der Waals surface area contributed by atoms with Crippen LogP contribution in [0.2, 0.25) is 0 Å². The molecule has 2 aromatic rings. The number of hydrogen-bond donors (Lipinski definition) is 1. The van der Waals surface area contributed by atoms with Crippen molar-refractivity contribution in [3.8, 4) is 5.75 Å². The lowest BCUT2D eigenvalue weighted by molar-refractivity contribution is 0.414. The SMILES string of the molecule is COc1ccc(Sc2ccc(C)cc2CCN)cc1. The first-order chi connectivity index (χ1) is 9.22. The van der Waals surface area contributed by atoms with Crippen molar-refractivity contribution >= 4 is 11.8 Å². The van der Waals surface area contributed by atoms with Gasteiger partial charge in [-0.3, -0.25) is 0 Å². The monoisotopic (exact) mass is 273 g/mol. The second-order valence-electron chi connectivity index (χ2n) is 4.43. The lowest BCUT2D eigenvalue weighted by Crippen LogP contribution is -2.03. The van der Waals surface area contributed by atoms with Gasteiger partial charge >= 0.3 is 0 Å². The average molecular weight is 273 g/mol. The van der Waals surface area contributed by atoms with Crippen molar-refractivity contribution in [3.63, 3.8) is 0 Å². The van der Waals surface area contributed by atoms with E-state index in [9.17, 15) is 0 Å². The molecule has 0 spiro atoms. The van der Waals surface area contributed by atoms with Crippen LogP contribution in [0.15, 0.2) is 52.3 Å². The molecule has 0 bridgehead atoms. The first-order valence-electron chi connectivity index (χ1n) is 6.34. The van der Waals surface area contributed by atoms with E-state index >= 15 is 0 Å². The van der Waals surface area contributed by atoms with E-state index < -0.39 is 0 Å². The molecule has 0 aromatic heterocycles. The van der Waals surface area contributed by atoms with Crippen LogP contribution in [-0.2, 0) is 6.42 Å². The molecular formula is C16H19NOS. The summed E-state index contributed by atoms with van der Waals surface area (Å²) in [6.45, 7) is 2.79. The summed E-state index contributed by atoms with van der Waals surface area (Å²) in [5.41, 5.74) is 8.29. The maximum Gasteiger partial charge on any atom is 0.118 e. The Balaban J connectivity index is 2.21. The van der Waals surface area contributed by atoms with Gasteiger partial charge in [0.1, 0.15) is 5.75 Å². The molecule has 19 heavy (non-hydrogen) atoms. The Morgan fingerprint density at radius 2 is 1.84 bits per heavy atom. The standard InChI is InChI=1S/C16H19NOS/c1-12-3-8-16(13(11-12)9-10-17)19-15-6-4-14(18-2)5-7-15/h3-8,11H,9-10,17H2,1-2H3. The Labute approximate surface area is 119 Å². The summed E-state index contributed by atoms with van der Waals surface area (Å²) in [7, 11) is 1.68. The van der Waals surface area contributed by atoms with Crippen LogP contribution in [0.1, 0.15) is 11.1 Å². The summed E-state index contributed by atoms with van der Waals surface area (Å²) in [4.78, 5) is 2.49. The highest BCUT2D eigenvalue weighted by Crippen LogP contribution is 2.32. The molecule has 0 saturated heterocycles. The van der Waals surface area contributed by atoms with E-state index in [1.165, 1.54) is 20.9 Å². The van der Waals surface area contributed by atoms with Crippen molar-refractivity contribution in [3.05, 3.63) is 53.6 Å². The van der Waals surface area contributed by atoms with Crippen molar-refractivity contribution in [2.75, 3.05) is 13.7 Å². The van der Waals surface area contributed by atoms with Gasteiger partial charge in [-0.25, -0.2) is 0 Å². The fourth-order valence-corrected chi connectivity index (χ4v) is 2.88. The molecule has 2 nitrogen and oxygen atoms in total.